The fourth-order valence-corrected chi connectivity index (χ4v) is 7.48. The maximum Gasteiger partial charge on any atom is 0.326 e. The van der Waals surface area contributed by atoms with Crippen molar-refractivity contribution in [1.82, 2.24) is 9.80 Å². The van der Waals surface area contributed by atoms with Gasteiger partial charge in [-0.1, -0.05) is 90.5 Å². The molecule has 2 aliphatic rings. The van der Waals surface area contributed by atoms with Gasteiger partial charge in [0.2, 0.25) is 0 Å². The highest BCUT2D eigenvalue weighted by Crippen LogP contribution is 2.40. The first-order valence-corrected chi connectivity index (χ1v) is 18.3. The minimum absolute atomic E-state index is 0.283. The molecule has 2 amide bonds. The highest BCUT2D eigenvalue weighted by molar-refractivity contribution is 6.30. The van der Waals surface area contributed by atoms with E-state index in [2.05, 4.69) is 0 Å². The first kappa shape index (κ1) is 38.6. The van der Waals surface area contributed by atoms with Crippen molar-refractivity contribution < 1.29 is 38.9 Å². The third kappa shape index (κ3) is 8.66. The zero-order valence-corrected chi connectivity index (χ0v) is 31.1. The maximum absolute atomic E-state index is 13.3. The van der Waals surface area contributed by atoms with Gasteiger partial charge in [0.05, 0.1) is 26.3 Å². The number of ether oxygens (including phenoxy) is 2. The van der Waals surface area contributed by atoms with Crippen molar-refractivity contribution in [3.8, 4) is 22.6 Å². The lowest BCUT2D eigenvalue weighted by atomic mass is 9.99. The summed E-state index contributed by atoms with van der Waals surface area (Å²) in [6.45, 7) is 0. The Morgan fingerprint density at radius 1 is 0.545 bits per heavy atom. The second-order valence-electron chi connectivity index (χ2n) is 13.3. The van der Waals surface area contributed by atoms with Crippen molar-refractivity contribution in [2.45, 2.75) is 49.9 Å². The van der Waals surface area contributed by atoms with Gasteiger partial charge in [-0.25, -0.2) is 9.59 Å². The van der Waals surface area contributed by atoms with Gasteiger partial charge in [-0.2, -0.15) is 0 Å². The summed E-state index contributed by atoms with van der Waals surface area (Å²) in [5.74, 6) is -1.46. The molecule has 2 aliphatic heterocycles. The lowest BCUT2D eigenvalue weighted by molar-refractivity contribution is -0.142. The number of methoxy groups -OCH3 is 2. The van der Waals surface area contributed by atoms with Gasteiger partial charge in [0, 0.05) is 16.1 Å². The van der Waals surface area contributed by atoms with Crippen molar-refractivity contribution in [2.24, 2.45) is 0 Å². The fourth-order valence-electron chi connectivity index (χ4n) is 7.35. The molecule has 0 bridgehead atoms. The monoisotopic (exact) mass is 760 g/mol. The largest absolute Gasteiger partial charge is 0.497 e. The van der Waals surface area contributed by atoms with Crippen LogP contribution in [-0.4, -0.2) is 70.1 Å². The van der Waals surface area contributed by atoms with Crippen molar-refractivity contribution in [3.05, 3.63) is 155 Å². The van der Waals surface area contributed by atoms with Crippen LogP contribution in [0.1, 0.15) is 69.6 Å². The second kappa shape index (κ2) is 17.3. The van der Waals surface area contributed by atoms with Crippen molar-refractivity contribution in [2.75, 3.05) is 14.2 Å². The van der Waals surface area contributed by atoms with E-state index in [1.165, 1.54) is 24.0 Å². The van der Waals surface area contributed by atoms with Gasteiger partial charge in [0.1, 0.15) is 23.6 Å². The van der Waals surface area contributed by atoms with Gasteiger partial charge in [-0.05, 0) is 96.5 Å². The van der Waals surface area contributed by atoms with Crippen LogP contribution in [-0.2, 0) is 9.59 Å². The van der Waals surface area contributed by atoms with Gasteiger partial charge in [0.25, 0.3) is 11.8 Å². The number of aliphatic carboxylic acids is 2. The lowest BCUT2D eigenvalue weighted by Crippen LogP contribution is -2.41. The molecule has 0 aliphatic carbocycles. The number of nitrogens with zero attached hydrogens (tertiary/aromatic N) is 2. The van der Waals surface area contributed by atoms with E-state index in [0.29, 0.717) is 53.3 Å². The van der Waals surface area contributed by atoms with Crippen molar-refractivity contribution >= 4 is 35.4 Å². The summed E-state index contributed by atoms with van der Waals surface area (Å²) in [5, 5.41) is 19.9. The van der Waals surface area contributed by atoms with Crippen LogP contribution in [0.3, 0.4) is 0 Å². The average molecular weight is 761 g/mol. The molecule has 0 spiro atoms. The zero-order chi connectivity index (χ0) is 39.1. The molecule has 2 saturated heterocycles. The predicted octanol–water partition coefficient (Wildman–Crippen LogP) is 8.57. The van der Waals surface area contributed by atoms with Crippen LogP contribution in [0.25, 0.3) is 11.1 Å². The Morgan fingerprint density at radius 2 is 0.964 bits per heavy atom. The second-order valence-corrected chi connectivity index (χ2v) is 13.8. The van der Waals surface area contributed by atoms with Gasteiger partial charge in [-0.15, -0.1) is 0 Å². The molecule has 2 heterocycles. The Labute approximate surface area is 324 Å². The summed E-state index contributed by atoms with van der Waals surface area (Å²) in [6, 6.07) is 36.6. The number of benzene rings is 5. The number of carboxylic acids is 2. The van der Waals surface area contributed by atoms with Crippen LogP contribution >= 0.6 is 11.6 Å². The molecule has 0 radical (unpaired) electrons. The molecule has 0 aromatic heterocycles. The van der Waals surface area contributed by atoms with E-state index < -0.39 is 24.0 Å². The number of likely N-dealkylation sites (tertiary alicyclic amines) is 2. The zero-order valence-electron chi connectivity index (χ0n) is 30.4. The van der Waals surface area contributed by atoms with Crippen molar-refractivity contribution in [3.63, 3.8) is 0 Å². The predicted molar refractivity (Wildman–Crippen MR) is 208 cm³/mol. The number of carbonyl (C=O) groups is 4. The van der Waals surface area contributed by atoms with Crippen LogP contribution < -0.4 is 9.47 Å². The lowest BCUT2D eigenvalue weighted by Gasteiger charge is -2.29. The number of halogens is 1. The molecule has 2 N–H and O–H groups in total. The Balaban J connectivity index is 0.000000190. The van der Waals surface area contributed by atoms with Crippen LogP contribution in [0.2, 0.25) is 5.02 Å². The molecule has 2 unspecified atom stereocenters. The summed E-state index contributed by atoms with van der Waals surface area (Å²) in [5.41, 5.74) is 4.85. The molecule has 2 fully saturated rings. The molecule has 4 atom stereocenters. The quantitative estimate of drug-likeness (QED) is 0.153. The molecule has 5 aromatic carbocycles. The van der Waals surface area contributed by atoms with E-state index in [1.54, 1.807) is 60.7 Å². The van der Waals surface area contributed by atoms with Crippen molar-refractivity contribution in [1.29, 1.82) is 0 Å². The van der Waals surface area contributed by atoms with Crippen LogP contribution in [0.5, 0.6) is 11.5 Å². The first-order valence-electron chi connectivity index (χ1n) is 17.9. The maximum atomic E-state index is 13.3. The molecule has 282 valence electrons. The van der Waals surface area contributed by atoms with Gasteiger partial charge >= 0.3 is 11.9 Å². The van der Waals surface area contributed by atoms with Gasteiger partial charge in [0.15, 0.2) is 0 Å². The summed E-state index contributed by atoms with van der Waals surface area (Å²) in [6.07, 6.45) is 2.04. The molecule has 0 saturated carbocycles. The minimum Gasteiger partial charge on any atom is -0.497 e. The first-order chi connectivity index (χ1) is 26.6. The van der Waals surface area contributed by atoms with Crippen LogP contribution in [0.15, 0.2) is 127 Å². The highest BCUT2D eigenvalue weighted by atomic mass is 35.5. The van der Waals surface area contributed by atoms with E-state index in [4.69, 9.17) is 21.1 Å². The molecular formula is C44H41ClN2O8. The fraction of sp³-hybridized carbons (Fsp3) is 0.227. The number of hydrogen-bond donors (Lipinski definition) is 2. The van der Waals surface area contributed by atoms with Gasteiger partial charge < -0.3 is 29.5 Å². The van der Waals surface area contributed by atoms with E-state index in [9.17, 15) is 29.4 Å². The number of carboxylic acid groups (broad SMARTS) is 2. The third-order valence-corrected chi connectivity index (χ3v) is 10.4. The summed E-state index contributed by atoms with van der Waals surface area (Å²) < 4.78 is 10.4. The Kier molecular flexibility index (Phi) is 12.2. The molecule has 10 nitrogen and oxygen atoms in total. The average Bonchev–Trinajstić information content (AvgIpc) is 3.88. The minimum atomic E-state index is -0.993. The van der Waals surface area contributed by atoms with Crippen LogP contribution in [0.4, 0.5) is 0 Å². The Hall–Kier alpha value is -6.13. The topological polar surface area (TPSA) is 134 Å². The Bertz CT molecular complexity index is 2140. The summed E-state index contributed by atoms with van der Waals surface area (Å²) >= 11 is 5.94. The van der Waals surface area contributed by atoms with E-state index >= 15 is 0 Å². The number of rotatable bonds is 9. The normalized spacial score (nSPS) is 18.9. The smallest absolute Gasteiger partial charge is 0.326 e. The third-order valence-electron chi connectivity index (χ3n) is 10.1. The molecular weight excluding hydrogens is 720 g/mol. The number of amides is 2. The summed E-state index contributed by atoms with van der Waals surface area (Å²) in [7, 11) is 3.06. The molecule has 55 heavy (non-hydrogen) atoms. The number of carbonyl (C=O) groups excluding carboxylic acids is 2. The highest BCUT2D eigenvalue weighted by Gasteiger charge is 2.43. The number of hydrogen-bond acceptors (Lipinski definition) is 6. The SMILES string of the molecule is COc1cccc(C(=O)N2C(c3ccc(-c4ccccc4)cc3)CC[C@H]2C(=O)O)c1.COc1cccc(C(=O)N2C(c3ccc(Cl)cc3)CC[C@H]2C(=O)O)c1. The van der Waals surface area contributed by atoms with E-state index in [0.717, 1.165) is 22.3 Å². The standard InChI is InChI=1S/C25H23NO4.C19H18ClNO4/c1-30-21-9-5-8-20(16-21)24(27)26-22(14-15-23(26)25(28)29)19-12-10-18(11-13-19)17-6-3-2-4-7-17;1-25-15-4-2-3-13(11-15)18(22)21-16(9-10-17(21)19(23)24)12-5-7-14(20)8-6-12/h2-13,16,22-23H,14-15H2,1H3,(H,28,29);2-8,11,16-17H,9-10H2,1H3,(H,23,24)/t22?,23-;16?,17-/m00/s1. The Morgan fingerprint density at radius 3 is 1.38 bits per heavy atom. The molecule has 7 rings (SSSR count). The molecule has 5 aromatic rings. The summed E-state index contributed by atoms with van der Waals surface area (Å²) in [4.78, 5) is 52.9. The molecule has 11 heteroatoms. The van der Waals surface area contributed by atoms with E-state index in [-0.39, 0.29) is 23.9 Å². The van der Waals surface area contributed by atoms with Gasteiger partial charge in [-0.3, -0.25) is 9.59 Å². The van der Waals surface area contributed by atoms with E-state index in [1.807, 2.05) is 66.7 Å². The van der Waals surface area contributed by atoms with Crippen LogP contribution in [0, 0.1) is 0 Å².